The largest absolute Gasteiger partial charge is 0.353 e. The third-order valence-electron chi connectivity index (χ3n) is 4.73. The Hall–Kier alpha value is -1.39. The molecule has 2 fully saturated rings. The number of nitrogens with zero attached hydrogens (tertiary/aromatic N) is 2. The Labute approximate surface area is 120 Å². The molecule has 1 aromatic carbocycles. The summed E-state index contributed by atoms with van der Waals surface area (Å²) in [5.74, 6) is 0.229. The average Bonchev–Trinajstić information content (AvgIpc) is 2.47. The van der Waals surface area contributed by atoms with E-state index in [9.17, 15) is 4.79 Å². The topological polar surface area (TPSA) is 35.6 Å². The lowest BCUT2D eigenvalue weighted by atomic mass is 9.83. The van der Waals surface area contributed by atoms with E-state index in [-0.39, 0.29) is 11.4 Å². The number of benzene rings is 1. The smallest absolute Gasteiger partial charge is 0.240 e. The summed E-state index contributed by atoms with van der Waals surface area (Å²) in [7, 11) is 2.13. The van der Waals surface area contributed by atoms with Gasteiger partial charge >= 0.3 is 0 Å². The summed E-state index contributed by atoms with van der Waals surface area (Å²) in [6, 6.07) is 10.5. The van der Waals surface area contributed by atoms with Crippen LogP contribution in [0.5, 0.6) is 0 Å². The van der Waals surface area contributed by atoms with Gasteiger partial charge in [-0.15, -0.1) is 0 Å². The third kappa shape index (κ3) is 2.45. The zero-order valence-corrected chi connectivity index (χ0v) is 12.1. The van der Waals surface area contributed by atoms with Crippen LogP contribution in [0.25, 0.3) is 0 Å². The summed E-state index contributed by atoms with van der Waals surface area (Å²) in [6.45, 7) is 4.59. The summed E-state index contributed by atoms with van der Waals surface area (Å²) in [4.78, 5) is 17.2. The maximum atomic E-state index is 12.5. The molecule has 2 heterocycles. The summed E-state index contributed by atoms with van der Waals surface area (Å²) in [5.41, 5.74) is 1.00. The van der Waals surface area contributed by atoms with E-state index < -0.39 is 0 Å². The molecule has 1 amide bonds. The maximum absolute atomic E-state index is 12.5. The molecule has 20 heavy (non-hydrogen) atoms. The van der Waals surface area contributed by atoms with Crippen molar-refractivity contribution in [2.24, 2.45) is 0 Å². The second-order valence-electron chi connectivity index (χ2n) is 6.00. The van der Waals surface area contributed by atoms with Crippen LogP contribution >= 0.6 is 0 Å². The Kier molecular flexibility index (Phi) is 3.76. The van der Waals surface area contributed by atoms with Gasteiger partial charge in [0.1, 0.15) is 5.54 Å². The fourth-order valence-corrected chi connectivity index (χ4v) is 3.39. The predicted octanol–water partition coefficient (Wildman–Crippen LogP) is 1.08. The molecule has 0 saturated carbocycles. The molecule has 1 N–H and O–H groups in total. The SMILES string of the molecule is CN1CCC2(CC1)C(=O)NCCN2Cc1ccccc1. The third-order valence-corrected chi connectivity index (χ3v) is 4.73. The van der Waals surface area contributed by atoms with Gasteiger partial charge in [-0.3, -0.25) is 9.69 Å². The number of piperazine rings is 1. The molecule has 1 spiro atoms. The molecule has 0 radical (unpaired) electrons. The Balaban J connectivity index is 1.81. The minimum atomic E-state index is -0.291. The normalized spacial score (nSPS) is 23.8. The van der Waals surface area contributed by atoms with Gasteiger partial charge in [-0.2, -0.15) is 0 Å². The molecule has 0 atom stereocenters. The molecule has 4 heteroatoms. The Morgan fingerprint density at radius 2 is 1.85 bits per heavy atom. The number of hydrogen-bond acceptors (Lipinski definition) is 3. The summed E-state index contributed by atoms with van der Waals surface area (Å²) < 4.78 is 0. The van der Waals surface area contributed by atoms with Gasteiger partial charge < -0.3 is 10.2 Å². The van der Waals surface area contributed by atoms with E-state index in [4.69, 9.17) is 0 Å². The number of likely N-dealkylation sites (tertiary alicyclic amines) is 1. The van der Waals surface area contributed by atoms with Crippen molar-refractivity contribution >= 4 is 5.91 Å². The molecule has 1 aromatic rings. The van der Waals surface area contributed by atoms with E-state index >= 15 is 0 Å². The fourth-order valence-electron chi connectivity index (χ4n) is 3.39. The van der Waals surface area contributed by atoms with Crippen LogP contribution in [0, 0.1) is 0 Å². The number of hydrogen-bond donors (Lipinski definition) is 1. The number of amides is 1. The van der Waals surface area contributed by atoms with E-state index in [2.05, 4.69) is 46.4 Å². The van der Waals surface area contributed by atoms with E-state index in [1.165, 1.54) is 5.56 Å². The molecule has 0 aromatic heterocycles. The van der Waals surface area contributed by atoms with E-state index in [0.717, 1.165) is 45.6 Å². The highest BCUT2D eigenvalue weighted by atomic mass is 16.2. The van der Waals surface area contributed by atoms with Crippen LogP contribution in [0.3, 0.4) is 0 Å². The number of nitrogens with one attached hydrogen (secondary N) is 1. The van der Waals surface area contributed by atoms with E-state index in [1.807, 2.05) is 6.07 Å². The second-order valence-corrected chi connectivity index (χ2v) is 6.00. The molecular formula is C16H23N3O. The Morgan fingerprint density at radius 3 is 2.55 bits per heavy atom. The van der Waals surface area contributed by atoms with Crippen molar-refractivity contribution < 1.29 is 4.79 Å². The molecular weight excluding hydrogens is 250 g/mol. The van der Waals surface area contributed by atoms with Crippen molar-refractivity contribution in [3.05, 3.63) is 35.9 Å². The number of carbonyl (C=O) groups excluding carboxylic acids is 1. The van der Waals surface area contributed by atoms with Gasteiger partial charge in [-0.25, -0.2) is 0 Å². The van der Waals surface area contributed by atoms with Crippen LogP contribution in [0.2, 0.25) is 0 Å². The Morgan fingerprint density at radius 1 is 1.15 bits per heavy atom. The van der Waals surface area contributed by atoms with Crippen molar-refractivity contribution in [2.75, 3.05) is 33.2 Å². The minimum Gasteiger partial charge on any atom is -0.353 e. The van der Waals surface area contributed by atoms with Crippen LogP contribution in [0.1, 0.15) is 18.4 Å². The first kappa shape index (κ1) is 13.6. The monoisotopic (exact) mass is 273 g/mol. The van der Waals surface area contributed by atoms with Crippen molar-refractivity contribution in [3.8, 4) is 0 Å². The molecule has 3 rings (SSSR count). The first-order valence-electron chi connectivity index (χ1n) is 7.46. The van der Waals surface area contributed by atoms with Gasteiger partial charge in [0.2, 0.25) is 5.91 Å². The summed E-state index contributed by atoms with van der Waals surface area (Å²) in [6.07, 6.45) is 1.87. The molecule has 0 aliphatic carbocycles. The molecule has 0 unspecified atom stereocenters. The standard InChI is InChI=1S/C16H23N3O/c1-18-10-7-16(8-11-18)15(20)17-9-12-19(16)13-14-5-3-2-4-6-14/h2-6H,7-13H2,1H3,(H,17,20). The maximum Gasteiger partial charge on any atom is 0.240 e. The molecule has 0 bridgehead atoms. The number of rotatable bonds is 2. The first-order chi connectivity index (χ1) is 9.71. The average molecular weight is 273 g/mol. The van der Waals surface area contributed by atoms with Crippen LogP contribution < -0.4 is 5.32 Å². The van der Waals surface area contributed by atoms with Crippen LogP contribution in [-0.4, -0.2) is 54.5 Å². The van der Waals surface area contributed by atoms with Gasteiger partial charge in [0, 0.05) is 32.7 Å². The van der Waals surface area contributed by atoms with Crippen molar-refractivity contribution in [3.63, 3.8) is 0 Å². The highest BCUT2D eigenvalue weighted by molar-refractivity contribution is 5.87. The first-order valence-corrected chi connectivity index (χ1v) is 7.46. The quantitative estimate of drug-likeness (QED) is 0.876. The van der Waals surface area contributed by atoms with Crippen LogP contribution in [0.15, 0.2) is 30.3 Å². The summed E-state index contributed by atoms with van der Waals surface area (Å²) >= 11 is 0. The zero-order chi connectivity index (χ0) is 14.0. The molecule has 2 aliphatic heterocycles. The zero-order valence-electron chi connectivity index (χ0n) is 12.1. The van der Waals surface area contributed by atoms with Gasteiger partial charge in [-0.1, -0.05) is 30.3 Å². The predicted molar refractivity (Wildman–Crippen MR) is 79.3 cm³/mol. The summed E-state index contributed by atoms with van der Waals surface area (Å²) in [5, 5.41) is 3.07. The lowest BCUT2D eigenvalue weighted by Gasteiger charge is -2.49. The van der Waals surface area contributed by atoms with Crippen molar-refractivity contribution in [2.45, 2.75) is 24.9 Å². The highest BCUT2D eigenvalue weighted by Gasteiger charge is 2.47. The van der Waals surface area contributed by atoms with Crippen molar-refractivity contribution in [1.82, 2.24) is 15.1 Å². The molecule has 2 saturated heterocycles. The van der Waals surface area contributed by atoms with Gasteiger partial charge in [-0.05, 0) is 25.5 Å². The number of piperidine rings is 1. The number of carbonyl (C=O) groups is 1. The minimum absolute atomic E-state index is 0.229. The van der Waals surface area contributed by atoms with Gasteiger partial charge in [0.15, 0.2) is 0 Å². The Bertz CT molecular complexity index is 466. The highest BCUT2D eigenvalue weighted by Crippen LogP contribution is 2.32. The van der Waals surface area contributed by atoms with Crippen LogP contribution in [-0.2, 0) is 11.3 Å². The lowest BCUT2D eigenvalue weighted by Crippen LogP contribution is -2.67. The van der Waals surface area contributed by atoms with Gasteiger partial charge in [0.05, 0.1) is 0 Å². The molecule has 2 aliphatic rings. The van der Waals surface area contributed by atoms with E-state index in [0.29, 0.717) is 0 Å². The van der Waals surface area contributed by atoms with E-state index in [1.54, 1.807) is 0 Å². The van der Waals surface area contributed by atoms with Crippen molar-refractivity contribution in [1.29, 1.82) is 0 Å². The second kappa shape index (κ2) is 5.54. The van der Waals surface area contributed by atoms with Gasteiger partial charge in [0.25, 0.3) is 0 Å². The van der Waals surface area contributed by atoms with Crippen LogP contribution in [0.4, 0.5) is 0 Å². The lowest BCUT2D eigenvalue weighted by molar-refractivity contribution is -0.141. The molecule has 4 nitrogen and oxygen atoms in total. The molecule has 108 valence electrons. The fraction of sp³-hybridized carbons (Fsp3) is 0.562.